The fourth-order valence-corrected chi connectivity index (χ4v) is 3.37. The molecular weight excluding hydrogens is 485 g/mol. The molecule has 0 saturated carbocycles. The number of benzene rings is 2. The molecule has 1 aliphatic rings. The van der Waals surface area contributed by atoms with Crippen LogP contribution in [0.25, 0.3) is 0 Å². The van der Waals surface area contributed by atoms with Crippen molar-refractivity contribution < 1.29 is 36.2 Å². The highest BCUT2D eigenvalue weighted by Gasteiger charge is 2.33. The van der Waals surface area contributed by atoms with Gasteiger partial charge in [0.05, 0.1) is 11.6 Å². The van der Waals surface area contributed by atoms with E-state index in [4.69, 9.17) is 4.74 Å². The number of ether oxygens (including phenoxy) is 2. The lowest BCUT2D eigenvalue weighted by atomic mass is 10.0. The Hall–Kier alpha value is -4.41. The first-order valence-electron chi connectivity index (χ1n) is 10.5. The third-order valence-electron chi connectivity index (χ3n) is 4.97. The Morgan fingerprint density at radius 2 is 1.81 bits per heavy atom. The molecule has 1 amide bonds. The van der Waals surface area contributed by atoms with Gasteiger partial charge in [-0.3, -0.25) is 9.78 Å². The highest BCUT2D eigenvalue weighted by Crippen LogP contribution is 2.30. The van der Waals surface area contributed by atoms with Crippen LogP contribution < -0.4 is 20.1 Å². The van der Waals surface area contributed by atoms with Crippen molar-refractivity contribution >= 4 is 5.91 Å². The van der Waals surface area contributed by atoms with Crippen molar-refractivity contribution in [3.8, 4) is 11.5 Å². The molecule has 11 heteroatoms. The molecule has 36 heavy (non-hydrogen) atoms. The summed E-state index contributed by atoms with van der Waals surface area (Å²) in [6.07, 6.45) is 0.0614. The van der Waals surface area contributed by atoms with Crippen LogP contribution in [0.1, 0.15) is 17.3 Å². The van der Waals surface area contributed by atoms with Crippen LogP contribution in [0, 0.1) is 11.6 Å². The molecule has 1 aromatic heterocycles. The molecule has 1 aliphatic heterocycles. The average Bonchev–Trinajstić information content (AvgIpc) is 2.85. The summed E-state index contributed by atoms with van der Waals surface area (Å²) < 4.78 is 75.7. The molecule has 2 aromatic carbocycles. The lowest BCUT2D eigenvalue weighted by Gasteiger charge is -2.23. The molecule has 0 spiro atoms. The van der Waals surface area contributed by atoms with Crippen molar-refractivity contribution in [3.63, 3.8) is 0 Å². The Bertz CT molecular complexity index is 1300. The third kappa shape index (κ3) is 6.17. The molecule has 3 aromatic rings. The third-order valence-corrected chi connectivity index (χ3v) is 4.97. The van der Waals surface area contributed by atoms with Gasteiger partial charge in [-0.1, -0.05) is 24.3 Å². The zero-order valence-electron chi connectivity index (χ0n) is 18.3. The summed E-state index contributed by atoms with van der Waals surface area (Å²) in [5, 5.41) is 5.44. The Morgan fingerprint density at radius 3 is 2.44 bits per heavy atom. The Balaban J connectivity index is 1.54. The van der Waals surface area contributed by atoms with E-state index in [1.807, 2.05) is 6.07 Å². The number of hydrogen-bond acceptors (Lipinski definition) is 5. The van der Waals surface area contributed by atoms with Gasteiger partial charge in [0.1, 0.15) is 17.3 Å². The van der Waals surface area contributed by atoms with E-state index in [1.54, 1.807) is 30.3 Å². The van der Waals surface area contributed by atoms with Crippen LogP contribution >= 0.6 is 0 Å². The molecule has 0 saturated heterocycles. The van der Waals surface area contributed by atoms with E-state index in [-0.39, 0.29) is 16.8 Å². The SMILES string of the molecule is O=C(NC(c1ccc(OC(F)(F)F)c(F)c1)c1ncccc1F)C1=CN[C@@H](Oc2ccccc2)C=C1. The van der Waals surface area contributed by atoms with Gasteiger partial charge >= 0.3 is 6.36 Å². The first kappa shape index (κ1) is 24.7. The van der Waals surface area contributed by atoms with Crippen LogP contribution in [0.15, 0.2) is 90.8 Å². The van der Waals surface area contributed by atoms with Crippen LogP contribution in [-0.2, 0) is 4.79 Å². The molecule has 0 fully saturated rings. The van der Waals surface area contributed by atoms with Crippen molar-refractivity contribution in [2.24, 2.45) is 0 Å². The topological polar surface area (TPSA) is 72.5 Å². The second-order valence-electron chi connectivity index (χ2n) is 7.49. The monoisotopic (exact) mass is 503 g/mol. The van der Waals surface area contributed by atoms with Gasteiger partial charge in [-0.05, 0) is 54.1 Å². The lowest BCUT2D eigenvalue weighted by Crippen LogP contribution is -2.36. The Morgan fingerprint density at radius 1 is 1.03 bits per heavy atom. The van der Waals surface area contributed by atoms with E-state index in [0.717, 1.165) is 18.2 Å². The van der Waals surface area contributed by atoms with Crippen LogP contribution in [0.3, 0.4) is 0 Å². The normalized spacial score (nSPS) is 15.9. The molecule has 2 heterocycles. The summed E-state index contributed by atoms with van der Waals surface area (Å²) in [6, 6.07) is 12.6. The number of carbonyl (C=O) groups excluding carboxylic acids is 1. The molecule has 0 aliphatic carbocycles. The number of hydrogen-bond donors (Lipinski definition) is 2. The van der Waals surface area contributed by atoms with Crippen LogP contribution in [0.4, 0.5) is 22.0 Å². The van der Waals surface area contributed by atoms with Gasteiger partial charge in [-0.15, -0.1) is 13.2 Å². The smallest absolute Gasteiger partial charge is 0.467 e. The molecule has 2 atom stereocenters. The molecule has 186 valence electrons. The van der Waals surface area contributed by atoms with Crippen molar-refractivity contribution in [1.29, 1.82) is 0 Å². The van der Waals surface area contributed by atoms with Crippen LogP contribution in [0.2, 0.25) is 0 Å². The zero-order chi connectivity index (χ0) is 25.7. The minimum atomic E-state index is -5.10. The summed E-state index contributed by atoms with van der Waals surface area (Å²) in [5.41, 5.74) is -0.165. The fourth-order valence-electron chi connectivity index (χ4n) is 3.37. The molecule has 0 bridgehead atoms. The van der Waals surface area contributed by atoms with E-state index in [0.29, 0.717) is 11.8 Å². The van der Waals surface area contributed by atoms with Gasteiger partial charge in [0.15, 0.2) is 17.8 Å². The predicted molar refractivity (Wildman–Crippen MR) is 118 cm³/mol. The minimum Gasteiger partial charge on any atom is -0.467 e. The first-order valence-corrected chi connectivity index (χ1v) is 10.5. The highest BCUT2D eigenvalue weighted by atomic mass is 19.4. The second kappa shape index (κ2) is 10.5. The fraction of sp³-hybridized carbons (Fsp3) is 0.120. The lowest BCUT2D eigenvalue weighted by molar-refractivity contribution is -0.275. The first-order chi connectivity index (χ1) is 17.2. The van der Waals surface area contributed by atoms with E-state index in [1.165, 1.54) is 24.5 Å². The van der Waals surface area contributed by atoms with Gasteiger partial charge in [0.25, 0.3) is 5.91 Å². The van der Waals surface area contributed by atoms with Gasteiger partial charge < -0.3 is 20.1 Å². The zero-order valence-corrected chi connectivity index (χ0v) is 18.3. The number of aromatic nitrogens is 1. The Labute approximate surface area is 202 Å². The predicted octanol–water partition coefficient (Wildman–Crippen LogP) is 4.91. The van der Waals surface area contributed by atoms with E-state index in [9.17, 15) is 26.7 Å². The summed E-state index contributed by atoms with van der Waals surface area (Å²) in [5.74, 6) is -3.29. The summed E-state index contributed by atoms with van der Waals surface area (Å²) in [7, 11) is 0. The van der Waals surface area contributed by atoms with E-state index >= 15 is 0 Å². The average molecular weight is 503 g/mol. The maximum Gasteiger partial charge on any atom is 0.573 e. The van der Waals surface area contributed by atoms with Crippen molar-refractivity contribution in [1.82, 2.24) is 15.6 Å². The number of rotatable bonds is 7. The number of dihydropyridines is 1. The van der Waals surface area contributed by atoms with Gasteiger partial charge in [0, 0.05) is 12.4 Å². The van der Waals surface area contributed by atoms with Crippen LogP contribution in [-0.4, -0.2) is 23.5 Å². The van der Waals surface area contributed by atoms with Gasteiger partial charge in [-0.25, -0.2) is 8.78 Å². The summed E-state index contributed by atoms with van der Waals surface area (Å²) in [6.45, 7) is 0. The number of nitrogens with one attached hydrogen (secondary N) is 2. The number of nitrogens with zero attached hydrogens (tertiary/aromatic N) is 1. The molecule has 2 N–H and O–H groups in total. The maximum absolute atomic E-state index is 14.5. The van der Waals surface area contributed by atoms with Crippen molar-refractivity contribution in [3.05, 3.63) is 114 Å². The van der Waals surface area contributed by atoms with Gasteiger partial charge in [0.2, 0.25) is 0 Å². The largest absolute Gasteiger partial charge is 0.573 e. The number of para-hydroxylation sites is 1. The van der Waals surface area contributed by atoms with E-state index < -0.39 is 41.9 Å². The highest BCUT2D eigenvalue weighted by molar-refractivity contribution is 5.96. The number of amides is 1. The minimum absolute atomic E-state index is 0.0494. The van der Waals surface area contributed by atoms with Crippen molar-refractivity contribution in [2.45, 2.75) is 18.6 Å². The van der Waals surface area contributed by atoms with Gasteiger partial charge in [-0.2, -0.15) is 0 Å². The quantitative estimate of drug-likeness (QED) is 0.449. The van der Waals surface area contributed by atoms with Crippen LogP contribution in [0.5, 0.6) is 11.5 Å². The number of alkyl halides is 3. The molecule has 0 radical (unpaired) electrons. The number of carbonyl (C=O) groups is 1. The second-order valence-corrected chi connectivity index (χ2v) is 7.49. The van der Waals surface area contributed by atoms with Crippen molar-refractivity contribution in [2.75, 3.05) is 0 Å². The standard InChI is InChI=1S/C25H18F5N3O3/c26-18-7-4-12-31-23(18)22(15-8-10-20(19(27)13-15)36-25(28,29)30)33-24(34)16-9-11-21(32-14-16)35-17-5-2-1-3-6-17/h1-14,21-22,32H,(H,33,34)/t21-,22?/m0/s1. The number of halogens is 5. The Kier molecular flexibility index (Phi) is 7.18. The molecule has 4 rings (SSSR count). The number of pyridine rings is 1. The molecule has 6 nitrogen and oxygen atoms in total. The maximum atomic E-state index is 14.5. The summed E-state index contributed by atoms with van der Waals surface area (Å²) in [4.78, 5) is 16.9. The molecular formula is C25H18F5N3O3. The van der Waals surface area contributed by atoms with E-state index in [2.05, 4.69) is 20.4 Å². The molecule has 1 unspecified atom stereocenters. The summed E-state index contributed by atoms with van der Waals surface area (Å²) >= 11 is 0.